The average Bonchev–Trinajstić information content (AvgIpc) is 3.32. The molecule has 4 aromatic heterocycles. The van der Waals surface area contributed by atoms with Gasteiger partial charge >= 0.3 is 5.97 Å². The summed E-state index contributed by atoms with van der Waals surface area (Å²) in [6, 6.07) is 3.55. The van der Waals surface area contributed by atoms with Gasteiger partial charge in [-0.1, -0.05) is 11.6 Å². The van der Waals surface area contributed by atoms with Crippen molar-refractivity contribution in [3.05, 3.63) is 62.4 Å². The van der Waals surface area contributed by atoms with Crippen LogP contribution in [0.4, 0.5) is 0 Å². The molecule has 0 atom stereocenters. The van der Waals surface area contributed by atoms with Gasteiger partial charge in [-0.3, -0.25) is 14.2 Å². The van der Waals surface area contributed by atoms with E-state index < -0.39 is 0 Å². The molecule has 30 heavy (non-hydrogen) atoms. The second-order valence-corrected chi connectivity index (χ2v) is 8.91. The Hall–Kier alpha value is -2.71. The van der Waals surface area contributed by atoms with Crippen molar-refractivity contribution in [3.8, 4) is 0 Å². The Bertz CT molecular complexity index is 1320. The molecule has 0 aliphatic heterocycles. The third-order valence-electron chi connectivity index (χ3n) is 5.34. The van der Waals surface area contributed by atoms with E-state index in [2.05, 4.69) is 9.97 Å². The number of pyridine rings is 1. The van der Waals surface area contributed by atoms with Crippen molar-refractivity contribution in [3.63, 3.8) is 0 Å². The molecule has 1 aliphatic rings. The molecule has 0 aromatic carbocycles. The summed E-state index contributed by atoms with van der Waals surface area (Å²) in [6.45, 7) is 0.314. The molecule has 0 spiro atoms. The topological polar surface area (TPSA) is 78.5 Å². The molecular formula is C21H19ClN4O3S. The molecule has 0 amide bonds. The zero-order valence-corrected chi connectivity index (χ0v) is 17.7. The summed E-state index contributed by atoms with van der Waals surface area (Å²) >= 11 is 7.59. The highest BCUT2D eigenvalue weighted by Crippen LogP contribution is 2.33. The van der Waals surface area contributed by atoms with Gasteiger partial charge in [0.25, 0.3) is 5.56 Å². The number of imidazole rings is 1. The molecule has 0 saturated heterocycles. The molecule has 0 radical (unpaired) electrons. The Morgan fingerprint density at radius 1 is 1.23 bits per heavy atom. The van der Waals surface area contributed by atoms with Gasteiger partial charge in [0.2, 0.25) is 0 Å². The summed E-state index contributed by atoms with van der Waals surface area (Å²) in [4.78, 5) is 36.1. The molecule has 9 heteroatoms. The molecule has 4 heterocycles. The molecular weight excluding hydrogens is 424 g/mol. The number of esters is 1. The number of halogens is 1. The summed E-state index contributed by atoms with van der Waals surface area (Å²) in [5, 5.41) is 1.33. The monoisotopic (exact) mass is 442 g/mol. The van der Waals surface area contributed by atoms with E-state index in [0.717, 1.165) is 40.7 Å². The summed E-state index contributed by atoms with van der Waals surface area (Å²) in [5.41, 5.74) is 2.46. The fourth-order valence-electron chi connectivity index (χ4n) is 3.87. The molecule has 4 aromatic rings. The van der Waals surface area contributed by atoms with Crippen LogP contribution in [0.25, 0.3) is 15.9 Å². The largest absolute Gasteiger partial charge is 0.459 e. The number of carbonyl (C=O) groups excluding carboxylic acids is 1. The van der Waals surface area contributed by atoms with Crippen LogP contribution in [0.3, 0.4) is 0 Å². The van der Waals surface area contributed by atoms with Gasteiger partial charge in [-0.15, -0.1) is 11.3 Å². The lowest BCUT2D eigenvalue weighted by Crippen LogP contribution is -2.23. The second kappa shape index (κ2) is 7.85. The van der Waals surface area contributed by atoms with Crippen LogP contribution in [-0.2, 0) is 35.5 Å². The number of rotatable bonds is 5. The van der Waals surface area contributed by atoms with E-state index in [-0.39, 0.29) is 31.1 Å². The minimum Gasteiger partial charge on any atom is -0.459 e. The van der Waals surface area contributed by atoms with Crippen LogP contribution in [0.1, 0.15) is 35.4 Å². The third kappa shape index (κ3) is 3.61. The highest BCUT2D eigenvalue weighted by molar-refractivity contribution is 7.18. The van der Waals surface area contributed by atoms with Crippen LogP contribution in [0.2, 0.25) is 5.02 Å². The van der Waals surface area contributed by atoms with E-state index in [1.54, 1.807) is 40.3 Å². The summed E-state index contributed by atoms with van der Waals surface area (Å²) in [5.74, 6) is -0.385. The predicted octanol–water partition coefficient (Wildman–Crippen LogP) is 3.77. The summed E-state index contributed by atoms with van der Waals surface area (Å²) in [7, 11) is 0. The van der Waals surface area contributed by atoms with Crippen LogP contribution in [0, 0.1) is 0 Å². The lowest BCUT2D eigenvalue weighted by atomic mass is 9.97. The quantitative estimate of drug-likeness (QED) is 0.439. The molecule has 5 rings (SSSR count). The van der Waals surface area contributed by atoms with Crippen molar-refractivity contribution in [2.24, 2.45) is 0 Å². The molecule has 0 bridgehead atoms. The maximum Gasteiger partial charge on any atom is 0.307 e. The van der Waals surface area contributed by atoms with Crippen molar-refractivity contribution in [2.75, 3.05) is 0 Å². The van der Waals surface area contributed by atoms with Gasteiger partial charge in [-0.25, -0.2) is 9.97 Å². The van der Waals surface area contributed by atoms with E-state index in [9.17, 15) is 9.59 Å². The Morgan fingerprint density at radius 3 is 3.00 bits per heavy atom. The Morgan fingerprint density at radius 2 is 2.10 bits per heavy atom. The zero-order chi connectivity index (χ0) is 20.7. The van der Waals surface area contributed by atoms with E-state index in [1.165, 1.54) is 22.2 Å². The maximum atomic E-state index is 12.9. The molecule has 1 aliphatic carbocycles. The number of nitrogens with zero attached hydrogens (tertiary/aromatic N) is 4. The Labute approximate surface area is 180 Å². The number of hydrogen-bond donors (Lipinski definition) is 0. The van der Waals surface area contributed by atoms with E-state index in [1.807, 2.05) is 0 Å². The summed E-state index contributed by atoms with van der Waals surface area (Å²) < 4.78 is 8.63. The summed E-state index contributed by atoms with van der Waals surface area (Å²) in [6.07, 6.45) is 9.38. The molecule has 0 saturated carbocycles. The van der Waals surface area contributed by atoms with Gasteiger partial charge in [0.1, 0.15) is 17.1 Å². The Kier molecular flexibility index (Phi) is 5.04. The van der Waals surface area contributed by atoms with Gasteiger partial charge in [-0.05, 0) is 43.4 Å². The van der Waals surface area contributed by atoms with Gasteiger partial charge in [0, 0.05) is 23.8 Å². The minimum atomic E-state index is -0.385. The van der Waals surface area contributed by atoms with Crippen molar-refractivity contribution in [2.45, 2.75) is 45.3 Å². The highest BCUT2D eigenvalue weighted by atomic mass is 35.5. The first-order chi connectivity index (χ1) is 14.6. The van der Waals surface area contributed by atoms with Crippen LogP contribution < -0.4 is 5.56 Å². The van der Waals surface area contributed by atoms with Gasteiger partial charge in [0.15, 0.2) is 0 Å². The minimum absolute atomic E-state index is 0.0653. The number of hydrogen-bond acceptors (Lipinski definition) is 6. The number of ether oxygens (including phenoxy) is 1. The zero-order valence-electron chi connectivity index (χ0n) is 16.1. The standard InChI is InChI=1S/C21H19ClN4O3S/c22-13-5-6-17-24-14(10-26(17)9-13)11-29-18(27)7-8-25-12-23-20-19(21(25)28)15-3-1-2-4-16(15)30-20/h5-6,9-10,12H,1-4,7-8,11H2. The van der Waals surface area contributed by atoms with Crippen LogP contribution >= 0.6 is 22.9 Å². The number of carbonyl (C=O) groups is 1. The van der Waals surface area contributed by atoms with Crippen molar-refractivity contribution < 1.29 is 9.53 Å². The van der Waals surface area contributed by atoms with Gasteiger partial charge in [0.05, 0.1) is 28.9 Å². The molecule has 0 fully saturated rings. The normalized spacial score (nSPS) is 13.6. The molecule has 0 N–H and O–H groups in total. The lowest BCUT2D eigenvalue weighted by molar-refractivity contribution is -0.145. The average molecular weight is 443 g/mol. The van der Waals surface area contributed by atoms with E-state index in [0.29, 0.717) is 10.7 Å². The first kappa shape index (κ1) is 19.3. The SMILES string of the molecule is O=C(CCn1cnc2sc3c(c2c1=O)CCCC3)OCc1cn2cc(Cl)ccc2n1. The fraction of sp³-hybridized carbons (Fsp3) is 0.333. The number of aromatic nitrogens is 4. The molecule has 154 valence electrons. The first-order valence-corrected chi connectivity index (χ1v) is 11.1. The third-order valence-corrected chi connectivity index (χ3v) is 6.77. The van der Waals surface area contributed by atoms with Crippen molar-refractivity contribution >= 4 is 44.8 Å². The second-order valence-electron chi connectivity index (χ2n) is 7.39. The van der Waals surface area contributed by atoms with Gasteiger partial charge in [-0.2, -0.15) is 0 Å². The highest BCUT2D eigenvalue weighted by Gasteiger charge is 2.20. The van der Waals surface area contributed by atoms with E-state index >= 15 is 0 Å². The number of thiophene rings is 1. The molecule has 0 unspecified atom stereocenters. The van der Waals surface area contributed by atoms with Crippen molar-refractivity contribution in [1.82, 2.24) is 18.9 Å². The number of fused-ring (bicyclic) bond motifs is 4. The molecule has 7 nitrogen and oxygen atoms in total. The maximum absolute atomic E-state index is 12.9. The Balaban J connectivity index is 1.25. The predicted molar refractivity (Wildman–Crippen MR) is 115 cm³/mol. The van der Waals surface area contributed by atoms with Gasteiger partial charge < -0.3 is 9.14 Å². The lowest BCUT2D eigenvalue weighted by Gasteiger charge is -2.10. The van der Waals surface area contributed by atoms with Crippen LogP contribution in [0.5, 0.6) is 0 Å². The van der Waals surface area contributed by atoms with Crippen LogP contribution in [0.15, 0.2) is 35.6 Å². The fourth-order valence-corrected chi connectivity index (χ4v) is 5.25. The van der Waals surface area contributed by atoms with Crippen LogP contribution in [-0.4, -0.2) is 24.9 Å². The van der Waals surface area contributed by atoms with Crippen molar-refractivity contribution in [1.29, 1.82) is 0 Å². The van der Waals surface area contributed by atoms with E-state index in [4.69, 9.17) is 16.3 Å². The number of aryl methyl sites for hydroxylation is 3. The smallest absolute Gasteiger partial charge is 0.307 e. The first-order valence-electron chi connectivity index (χ1n) is 9.87.